The molecule has 0 saturated heterocycles. The highest BCUT2D eigenvalue weighted by atomic mass is 32.1. The van der Waals surface area contributed by atoms with E-state index >= 15 is 0 Å². The first kappa shape index (κ1) is 12.8. The molecule has 1 heterocycles. The van der Waals surface area contributed by atoms with Gasteiger partial charge in [0.2, 0.25) is 0 Å². The van der Waals surface area contributed by atoms with Crippen LogP contribution < -0.4 is 5.73 Å². The van der Waals surface area contributed by atoms with Crippen LogP contribution in [0.3, 0.4) is 0 Å². The van der Waals surface area contributed by atoms with Crippen molar-refractivity contribution >= 4 is 11.3 Å². The smallest absolute Gasteiger partial charge is 0.0948 e. The number of nitrogens with two attached hydrogens (primary N) is 1. The molecule has 0 atom stereocenters. The van der Waals surface area contributed by atoms with Crippen LogP contribution in [0.2, 0.25) is 0 Å². The Hall–Kier alpha value is -1.19. The fraction of sp³-hybridized carbons (Fsp3) is 0.438. The van der Waals surface area contributed by atoms with Crippen molar-refractivity contribution in [3.05, 3.63) is 40.2 Å². The minimum Gasteiger partial charge on any atom is -0.330 e. The van der Waals surface area contributed by atoms with Gasteiger partial charge in [-0.25, -0.2) is 4.98 Å². The van der Waals surface area contributed by atoms with Gasteiger partial charge in [-0.2, -0.15) is 0 Å². The summed E-state index contributed by atoms with van der Waals surface area (Å²) in [6, 6.07) is 10.6. The van der Waals surface area contributed by atoms with E-state index in [4.69, 9.17) is 10.7 Å². The fourth-order valence-electron chi connectivity index (χ4n) is 2.88. The second-order valence-corrected chi connectivity index (χ2v) is 6.32. The molecule has 0 unspecified atom stereocenters. The van der Waals surface area contributed by atoms with E-state index in [0.717, 1.165) is 12.3 Å². The van der Waals surface area contributed by atoms with Crippen LogP contribution in [-0.2, 0) is 6.42 Å². The molecule has 100 valence electrons. The highest BCUT2D eigenvalue weighted by Gasteiger charge is 2.24. The lowest BCUT2D eigenvalue weighted by atomic mass is 10.0. The second-order valence-electron chi connectivity index (χ2n) is 5.21. The maximum Gasteiger partial charge on any atom is 0.0948 e. The van der Waals surface area contributed by atoms with Crippen molar-refractivity contribution in [3.63, 3.8) is 0 Å². The topological polar surface area (TPSA) is 38.9 Å². The summed E-state index contributed by atoms with van der Waals surface area (Å²) in [5.74, 6) is 0.722. The predicted octanol–water partition coefficient (Wildman–Crippen LogP) is 3.97. The van der Waals surface area contributed by atoms with E-state index in [1.54, 1.807) is 0 Å². The SMILES string of the molecule is NCCc1nc(-c2ccccc2)c(C2CCCC2)s1. The van der Waals surface area contributed by atoms with Crippen LogP contribution in [0.25, 0.3) is 11.3 Å². The summed E-state index contributed by atoms with van der Waals surface area (Å²) >= 11 is 1.89. The van der Waals surface area contributed by atoms with E-state index < -0.39 is 0 Å². The molecule has 0 bridgehead atoms. The Morgan fingerprint density at radius 2 is 1.89 bits per heavy atom. The van der Waals surface area contributed by atoms with Gasteiger partial charge in [0.15, 0.2) is 0 Å². The zero-order valence-corrected chi connectivity index (χ0v) is 12.0. The molecular weight excluding hydrogens is 252 g/mol. The van der Waals surface area contributed by atoms with Crippen LogP contribution in [0.4, 0.5) is 0 Å². The Kier molecular flexibility index (Phi) is 3.95. The van der Waals surface area contributed by atoms with Crippen LogP contribution in [-0.4, -0.2) is 11.5 Å². The van der Waals surface area contributed by atoms with Crippen molar-refractivity contribution in [2.45, 2.75) is 38.0 Å². The van der Waals surface area contributed by atoms with E-state index in [9.17, 15) is 0 Å². The van der Waals surface area contributed by atoms with Gasteiger partial charge in [0.25, 0.3) is 0 Å². The Balaban J connectivity index is 2.00. The maximum absolute atomic E-state index is 5.68. The first-order valence-electron chi connectivity index (χ1n) is 7.13. The predicted molar refractivity (Wildman–Crippen MR) is 81.5 cm³/mol. The average molecular weight is 272 g/mol. The first-order valence-corrected chi connectivity index (χ1v) is 7.95. The first-order chi connectivity index (χ1) is 9.38. The molecular formula is C16H20N2S. The molecule has 1 aliphatic carbocycles. The maximum atomic E-state index is 5.68. The van der Waals surface area contributed by atoms with Gasteiger partial charge in [-0.15, -0.1) is 11.3 Å². The molecule has 1 saturated carbocycles. The van der Waals surface area contributed by atoms with Gasteiger partial charge >= 0.3 is 0 Å². The largest absolute Gasteiger partial charge is 0.330 e. The Morgan fingerprint density at radius 1 is 1.16 bits per heavy atom. The van der Waals surface area contributed by atoms with Crippen molar-refractivity contribution in [1.29, 1.82) is 0 Å². The summed E-state index contributed by atoms with van der Waals surface area (Å²) in [4.78, 5) is 6.35. The fourth-order valence-corrected chi connectivity index (χ4v) is 4.15. The summed E-state index contributed by atoms with van der Waals surface area (Å²) < 4.78 is 0. The highest BCUT2D eigenvalue weighted by Crippen LogP contribution is 2.42. The molecule has 2 nitrogen and oxygen atoms in total. The second kappa shape index (κ2) is 5.85. The molecule has 2 aromatic rings. The summed E-state index contributed by atoms with van der Waals surface area (Å²) in [6.45, 7) is 0.686. The Labute approximate surface area is 118 Å². The summed E-state index contributed by atoms with van der Waals surface area (Å²) in [5, 5.41) is 1.20. The molecule has 3 rings (SSSR count). The normalized spacial score (nSPS) is 16.1. The molecule has 3 heteroatoms. The van der Waals surface area contributed by atoms with Gasteiger partial charge in [-0.1, -0.05) is 43.2 Å². The van der Waals surface area contributed by atoms with Crippen LogP contribution in [0.5, 0.6) is 0 Å². The summed E-state index contributed by atoms with van der Waals surface area (Å²) in [7, 11) is 0. The van der Waals surface area contributed by atoms with Gasteiger partial charge in [-0.05, 0) is 25.3 Å². The summed E-state index contributed by atoms with van der Waals surface area (Å²) in [6.07, 6.45) is 6.28. The molecule has 0 radical (unpaired) electrons. The number of thiazole rings is 1. The number of aromatic nitrogens is 1. The van der Waals surface area contributed by atoms with Gasteiger partial charge in [0.1, 0.15) is 0 Å². The summed E-state index contributed by atoms with van der Waals surface area (Å²) in [5.41, 5.74) is 8.14. The third-order valence-corrected chi connectivity index (χ3v) is 5.11. The van der Waals surface area contributed by atoms with E-state index in [0.29, 0.717) is 6.54 Å². The molecule has 1 aliphatic rings. The third-order valence-electron chi connectivity index (χ3n) is 3.83. The van der Waals surface area contributed by atoms with Crippen molar-refractivity contribution in [3.8, 4) is 11.3 Å². The lowest BCUT2D eigenvalue weighted by Crippen LogP contribution is -2.01. The zero-order valence-electron chi connectivity index (χ0n) is 11.1. The molecule has 0 amide bonds. The highest BCUT2D eigenvalue weighted by molar-refractivity contribution is 7.12. The number of hydrogen-bond donors (Lipinski definition) is 1. The number of rotatable bonds is 4. The monoisotopic (exact) mass is 272 g/mol. The van der Waals surface area contributed by atoms with E-state index in [-0.39, 0.29) is 0 Å². The number of nitrogens with zero attached hydrogens (tertiary/aromatic N) is 1. The molecule has 19 heavy (non-hydrogen) atoms. The van der Waals surface area contributed by atoms with Crippen LogP contribution in [0.15, 0.2) is 30.3 Å². The Bertz CT molecular complexity index is 527. The average Bonchev–Trinajstić information content (AvgIpc) is 3.08. The minimum atomic E-state index is 0.686. The minimum absolute atomic E-state index is 0.686. The quantitative estimate of drug-likeness (QED) is 0.914. The van der Waals surface area contributed by atoms with Gasteiger partial charge in [-0.3, -0.25) is 0 Å². The van der Waals surface area contributed by atoms with E-state index in [1.807, 2.05) is 11.3 Å². The van der Waals surface area contributed by atoms with Gasteiger partial charge in [0.05, 0.1) is 10.7 Å². The van der Waals surface area contributed by atoms with Crippen LogP contribution in [0.1, 0.15) is 41.5 Å². The zero-order chi connectivity index (χ0) is 13.1. The lowest BCUT2D eigenvalue weighted by molar-refractivity contribution is 0.738. The van der Waals surface area contributed by atoms with Crippen molar-refractivity contribution in [2.24, 2.45) is 5.73 Å². The van der Waals surface area contributed by atoms with Crippen LogP contribution >= 0.6 is 11.3 Å². The van der Waals surface area contributed by atoms with Crippen molar-refractivity contribution in [2.75, 3.05) is 6.54 Å². The van der Waals surface area contributed by atoms with Crippen molar-refractivity contribution in [1.82, 2.24) is 4.98 Å². The molecule has 1 aromatic heterocycles. The van der Waals surface area contributed by atoms with E-state index in [2.05, 4.69) is 30.3 Å². The van der Waals surface area contributed by atoms with Crippen LogP contribution in [0, 0.1) is 0 Å². The molecule has 2 N–H and O–H groups in total. The standard InChI is InChI=1S/C16H20N2S/c17-11-10-14-18-15(12-6-2-1-3-7-12)16(19-14)13-8-4-5-9-13/h1-3,6-7,13H,4-5,8-11,17H2. The number of benzene rings is 1. The molecule has 1 fully saturated rings. The lowest BCUT2D eigenvalue weighted by Gasteiger charge is -2.08. The third kappa shape index (κ3) is 2.72. The van der Waals surface area contributed by atoms with Gasteiger partial charge in [0, 0.05) is 16.9 Å². The molecule has 1 aromatic carbocycles. The van der Waals surface area contributed by atoms with E-state index in [1.165, 1.54) is 46.8 Å². The number of hydrogen-bond acceptors (Lipinski definition) is 3. The molecule has 0 spiro atoms. The Morgan fingerprint density at radius 3 is 2.58 bits per heavy atom. The van der Waals surface area contributed by atoms with Gasteiger partial charge < -0.3 is 5.73 Å². The molecule has 0 aliphatic heterocycles. The van der Waals surface area contributed by atoms with Crippen molar-refractivity contribution < 1.29 is 0 Å².